The van der Waals surface area contributed by atoms with E-state index in [1.807, 2.05) is 23.5 Å². The Balaban J connectivity index is 2.23. The van der Waals surface area contributed by atoms with Crippen molar-refractivity contribution in [2.24, 2.45) is 0 Å². The van der Waals surface area contributed by atoms with Crippen molar-refractivity contribution in [2.75, 3.05) is 50.8 Å². The zero-order valence-corrected chi connectivity index (χ0v) is 16.1. The molecule has 7 heteroatoms. The molecule has 4 nitrogen and oxygen atoms in total. The second-order valence-corrected chi connectivity index (χ2v) is 8.25. The molecule has 0 aliphatic rings. The maximum Gasteiger partial charge on any atom is 0.175 e. The largest absolute Gasteiger partial charge is 0.303 e. The van der Waals surface area contributed by atoms with Gasteiger partial charge in [-0.05, 0) is 26.2 Å². The predicted octanol–water partition coefficient (Wildman–Crippen LogP) is 3.41. The molecule has 0 amide bonds. The molecule has 0 aliphatic carbocycles. The second-order valence-electron chi connectivity index (χ2n) is 4.58. The topological polar surface area (TPSA) is 32.3 Å². The lowest BCUT2D eigenvalue weighted by Crippen LogP contribution is -2.25. The third-order valence-corrected chi connectivity index (χ3v) is 6.59. The van der Waals surface area contributed by atoms with E-state index >= 15 is 0 Å². The number of nitrogens with zero attached hydrogens (tertiary/aromatic N) is 4. The van der Waals surface area contributed by atoms with Crippen LogP contribution in [0.4, 0.5) is 0 Å². The summed E-state index contributed by atoms with van der Waals surface area (Å²) < 4.78 is 2.21. The first-order chi connectivity index (χ1) is 10.2. The highest BCUT2D eigenvalue weighted by molar-refractivity contribution is 8.03. The van der Waals surface area contributed by atoms with E-state index < -0.39 is 0 Å². The van der Waals surface area contributed by atoms with Gasteiger partial charge in [0.15, 0.2) is 8.68 Å². The fraction of sp³-hybridized carbons (Fsp3) is 0.857. The lowest BCUT2D eigenvalue weighted by Gasteiger charge is -2.16. The molecule has 0 aliphatic heterocycles. The maximum absolute atomic E-state index is 4.28. The normalized spacial score (nSPS) is 11.7. The number of hydrogen-bond donors (Lipinski definition) is 0. The van der Waals surface area contributed by atoms with Gasteiger partial charge in [0, 0.05) is 24.6 Å². The van der Waals surface area contributed by atoms with Gasteiger partial charge >= 0.3 is 0 Å². The zero-order valence-electron chi connectivity index (χ0n) is 13.7. The van der Waals surface area contributed by atoms with E-state index in [9.17, 15) is 0 Å². The standard InChI is InChI=1S/C14H28N4S3/c1-5-17(6-2)9-11-19-13-15-16-14(21-13)20-12-10-18(7-3)8-4/h5-12H2,1-4H3. The Morgan fingerprint density at radius 3 is 1.48 bits per heavy atom. The first-order valence-electron chi connectivity index (χ1n) is 7.77. The molecule has 0 fully saturated rings. The van der Waals surface area contributed by atoms with E-state index in [-0.39, 0.29) is 0 Å². The predicted molar refractivity (Wildman–Crippen MR) is 96.9 cm³/mol. The molecule has 0 saturated heterocycles. The van der Waals surface area contributed by atoms with Gasteiger partial charge in [-0.3, -0.25) is 0 Å². The highest BCUT2D eigenvalue weighted by Gasteiger charge is 2.07. The minimum absolute atomic E-state index is 1.10. The molecule has 1 heterocycles. The van der Waals surface area contributed by atoms with Crippen LogP contribution < -0.4 is 0 Å². The zero-order chi connectivity index (χ0) is 15.5. The number of aromatic nitrogens is 2. The van der Waals surface area contributed by atoms with Crippen molar-refractivity contribution < 1.29 is 0 Å². The van der Waals surface area contributed by atoms with E-state index in [4.69, 9.17) is 0 Å². The van der Waals surface area contributed by atoms with Gasteiger partial charge < -0.3 is 9.80 Å². The van der Waals surface area contributed by atoms with Crippen LogP contribution in [0.15, 0.2) is 8.68 Å². The van der Waals surface area contributed by atoms with Gasteiger partial charge in [0.2, 0.25) is 0 Å². The van der Waals surface area contributed by atoms with Crippen LogP contribution >= 0.6 is 34.9 Å². The third-order valence-electron chi connectivity index (χ3n) is 3.44. The van der Waals surface area contributed by atoms with Crippen LogP contribution in [0.2, 0.25) is 0 Å². The highest BCUT2D eigenvalue weighted by atomic mass is 32.2. The fourth-order valence-electron chi connectivity index (χ4n) is 1.92. The lowest BCUT2D eigenvalue weighted by atomic mass is 10.5. The van der Waals surface area contributed by atoms with Gasteiger partial charge in [0.25, 0.3) is 0 Å². The smallest absolute Gasteiger partial charge is 0.175 e. The molecule has 122 valence electrons. The Hall–Kier alpha value is 0.180. The molecule has 21 heavy (non-hydrogen) atoms. The highest BCUT2D eigenvalue weighted by Crippen LogP contribution is 2.28. The van der Waals surface area contributed by atoms with E-state index in [0.717, 1.165) is 59.5 Å². The van der Waals surface area contributed by atoms with Gasteiger partial charge in [0.05, 0.1) is 0 Å². The summed E-state index contributed by atoms with van der Waals surface area (Å²) in [4.78, 5) is 4.88. The van der Waals surface area contributed by atoms with Gasteiger partial charge in [-0.1, -0.05) is 62.6 Å². The Kier molecular flexibility index (Phi) is 10.7. The summed E-state index contributed by atoms with van der Waals surface area (Å²) in [5, 5.41) is 8.56. The van der Waals surface area contributed by atoms with Gasteiger partial charge in [-0.25, -0.2) is 0 Å². The maximum atomic E-state index is 4.28. The molecule has 1 aromatic heterocycles. The summed E-state index contributed by atoms with van der Waals surface area (Å²) in [7, 11) is 0. The first kappa shape index (κ1) is 19.2. The SMILES string of the molecule is CCN(CC)CCSc1nnc(SCCN(CC)CC)s1. The van der Waals surface area contributed by atoms with Crippen LogP contribution in [0.5, 0.6) is 0 Å². The summed E-state index contributed by atoms with van der Waals surface area (Å²) in [6.07, 6.45) is 0. The number of thioether (sulfide) groups is 2. The monoisotopic (exact) mass is 348 g/mol. The molecular formula is C14H28N4S3. The molecule has 1 rings (SSSR count). The summed E-state index contributed by atoms with van der Waals surface area (Å²) >= 11 is 5.39. The van der Waals surface area contributed by atoms with Crippen LogP contribution in [-0.2, 0) is 0 Å². The molecule has 0 bridgehead atoms. The quantitative estimate of drug-likeness (QED) is 0.538. The van der Waals surface area contributed by atoms with E-state index in [0.29, 0.717) is 0 Å². The summed E-state index contributed by atoms with van der Waals surface area (Å²) in [5.74, 6) is 2.20. The van der Waals surface area contributed by atoms with Crippen LogP contribution in [0.3, 0.4) is 0 Å². The van der Waals surface area contributed by atoms with Crippen molar-refractivity contribution in [3.8, 4) is 0 Å². The molecule has 1 aromatic rings. The molecular weight excluding hydrogens is 320 g/mol. The molecule has 0 N–H and O–H groups in total. The van der Waals surface area contributed by atoms with Gasteiger partial charge in [-0.2, -0.15) is 0 Å². The average Bonchev–Trinajstić information content (AvgIpc) is 2.96. The minimum Gasteiger partial charge on any atom is -0.303 e. The Morgan fingerprint density at radius 2 is 1.14 bits per heavy atom. The first-order valence-corrected chi connectivity index (χ1v) is 10.6. The Labute approximate surface area is 142 Å². The van der Waals surface area contributed by atoms with E-state index in [2.05, 4.69) is 47.7 Å². The van der Waals surface area contributed by atoms with Crippen molar-refractivity contribution >= 4 is 34.9 Å². The summed E-state index contributed by atoms with van der Waals surface area (Å²) in [5.41, 5.74) is 0. The summed E-state index contributed by atoms with van der Waals surface area (Å²) in [6, 6.07) is 0. The van der Waals surface area contributed by atoms with Crippen molar-refractivity contribution in [1.29, 1.82) is 0 Å². The van der Waals surface area contributed by atoms with Crippen molar-refractivity contribution in [3.05, 3.63) is 0 Å². The van der Waals surface area contributed by atoms with Gasteiger partial charge in [0.1, 0.15) is 0 Å². The van der Waals surface area contributed by atoms with Gasteiger partial charge in [-0.15, -0.1) is 10.2 Å². The molecule has 0 radical (unpaired) electrons. The third kappa shape index (κ3) is 7.83. The van der Waals surface area contributed by atoms with Crippen LogP contribution in [0.1, 0.15) is 27.7 Å². The molecule has 0 aromatic carbocycles. The molecule has 0 atom stereocenters. The van der Waals surface area contributed by atoms with Crippen molar-refractivity contribution in [1.82, 2.24) is 20.0 Å². The molecule has 0 saturated carbocycles. The van der Waals surface area contributed by atoms with E-state index in [1.165, 1.54) is 0 Å². The lowest BCUT2D eigenvalue weighted by molar-refractivity contribution is 0.324. The van der Waals surface area contributed by atoms with Crippen LogP contribution in [-0.4, -0.2) is 70.8 Å². The Morgan fingerprint density at radius 1 is 0.762 bits per heavy atom. The van der Waals surface area contributed by atoms with Crippen molar-refractivity contribution in [3.63, 3.8) is 0 Å². The van der Waals surface area contributed by atoms with Crippen molar-refractivity contribution in [2.45, 2.75) is 36.4 Å². The van der Waals surface area contributed by atoms with E-state index in [1.54, 1.807) is 11.3 Å². The minimum atomic E-state index is 1.10. The fourth-order valence-corrected chi connectivity index (χ4v) is 5.08. The second kappa shape index (κ2) is 11.7. The van der Waals surface area contributed by atoms with Crippen LogP contribution in [0.25, 0.3) is 0 Å². The Bertz CT molecular complexity index is 332. The molecule has 0 unspecified atom stereocenters. The average molecular weight is 349 g/mol. The number of hydrogen-bond acceptors (Lipinski definition) is 7. The number of rotatable bonds is 12. The van der Waals surface area contributed by atoms with Crippen LogP contribution in [0, 0.1) is 0 Å². The summed E-state index contributed by atoms with van der Waals surface area (Å²) in [6.45, 7) is 15.6. The molecule has 0 spiro atoms.